The number of carbonyl (C=O) groups is 2. The van der Waals surface area contributed by atoms with Crippen LogP contribution >= 0.6 is 11.8 Å². The van der Waals surface area contributed by atoms with E-state index in [0.717, 1.165) is 10.6 Å². The molecule has 2 amide bonds. The number of rotatable bonds is 4. The number of amides is 2. The van der Waals surface area contributed by atoms with Crippen molar-refractivity contribution in [3.8, 4) is 5.75 Å². The van der Waals surface area contributed by atoms with Crippen LogP contribution in [0.2, 0.25) is 0 Å². The first-order valence-corrected chi connectivity index (χ1v) is 8.88. The van der Waals surface area contributed by atoms with Crippen LogP contribution in [0.4, 0.5) is 11.4 Å². The van der Waals surface area contributed by atoms with Gasteiger partial charge in [-0.25, -0.2) is 0 Å². The molecular formula is C19H20N2O3S. The number of anilines is 2. The van der Waals surface area contributed by atoms with Gasteiger partial charge in [-0.3, -0.25) is 9.59 Å². The summed E-state index contributed by atoms with van der Waals surface area (Å²) in [6, 6.07) is 14.8. The zero-order valence-corrected chi connectivity index (χ0v) is 15.2. The number of hydrogen-bond acceptors (Lipinski definition) is 4. The van der Waals surface area contributed by atoms with Gasteiger partial charge >= 0.3 is 0 Å². The molecule has 2 aromatic rings. The van der Waals surface area contributed by atoms with Gasteiger partial charge in [-0.05, 0) is 38.1 Å². The van der Waals surface area contributed by atoms with Crippen LogP contribution in [-0.2, 0) is 9.59 Å². The highest BCUT2D eigenvalue weighted by Gasteiger charge is 2.48. The predicted octanol–water partition coefficient (Wildman–Crippen LogP) is 3.55. The minimum Gasteiger partial charge on any atom is -0.492 e. The van der Waals surface area contributed by atoms with E-state index in [2.05, 4.69) is 5.32 Å². The predicted molar refractivity (Wildman–Crippen MR) is 100 cm³/mol. The molecule has 2 aromatic carbocycles. The molecule has 25 heavy (non-hydrogen) atoms. The van der Waals surface area contributed by atoms with Gasteiger partial charge in [0, 0.05) is 11.9 Å². The van der Waals surface area contributed by atoms with Crippen molar-refractivity contribution in [3.05, 3.63) is 48.5 Å². The number of benzene rings is 2. The monoisotopic (exact) mass is 356 g/mol. The Hall–Kier alpha value is -2.47. The molecule has 5 nitrogen and oxygen atoms in total. The van der Waals surface area contributed by atoms with Crippen molar-refractivity contribution in [1.82, 2.24) is 0 Å². The summed E-state index contributed by atoms with van der Waals surface area (Å²) in [7, 11) is 1.69. The molecule has 1 atom stereocenters. The summed E-state index contributed by atoms with van der Waals surface area (Å²) in [5, 5.41) is 2.86. The number of para-hydroxylation sites is 3. The van der Waals surface area contributed by atoms with Gasteiger partial charge in [0.05, 0.1) is 18.0 Å². The number of hydrogen-bond donors (Lipinski definition) is 1. The smallest absolute Gasteiger partial charge is 0.252 e. The molecule has 0 saturated heterocycles. The fourth-order valence-corrected chi connectivity index (χ4v) is 4.01. The molecule has 0 aromatic heterocycles. The maximum Gasteiger partial charge on any atom is 0.252 e. The zero-order valence-electron chi connectivity index (χ0n) is 14.4. The average molecular weight is 356 g/mol. The molecule has 1 unspecified atom stereocenters. The van der Waals surface area contributed by atoms with E-state index in [-0.39, 0.29) is 11.8 Å². The molecule has 0 saturated carbocycles. The lowest BCUT2D eigenvalue weighted by atomic mass is 10.1. The lowest BCUT2D eigenvalue weighted by Gasteiger charge is -2.37. The molecule has 1 aliphatic rings. The topological polar surface area (TPSA) is 58.6 Å². The molecule has 1 N–H and O–H groups in total. The molecule has 1 aliphatic heterocycles. The molecule has 1 heterocycles. The summed E-state index contributed by atoms with van der Waals surface area (Å²) in [6.07, 6.45) is 0. The zero-order chi connectivity index (χ0) is 18.0. The fourth-order valence-electron chi connectivity index (χ4n) is 2.75. The minimum absolute atomic E-state index is 0.248. The number of thioether (sulfide) groups is 1. The number of ether oxygens (including phenoxy) is 1. The molecule has 0 fully saturated rings. The Morgan fingerprint density at radius 1 is 1.20 bits per heavy atom. The van der Waals surface area contributed by atoms with Crippen LogP contribution in [0, 0.1) is 0 Å². The van der Waals surface area contributed by atoms with Crippen molar-refractivity contribution in [1.29, 1.82) is 0 Å². The molecule has 0 bridgehead atoms. The van der Waals surface area contributed by atoms with Crippen molar-refractivity contribution in [2.45, 2.75) is 23.5 Å². The van der Waals surface area contributed by atoms with E-state index in [4.69, 9.17) is 4.74 Å². The van der Waals surface area contributed by atoms with Crippen LogP contribution in [0.5, 0.6) is 5.75 Å². The summed E-state index contributed by atoms with van der Waals surface area (Å²) in [4.78, 5) is 28.3. The highest BCUT2D eigenvalue weighted by Crippen LogP contribution is 2.45. The Kier molecular flexibility index (Phi) is 4.72. The molecule has 0 aliphatic carbocycles. The Labute approximate surface area is 151 Å². The van der Waals surface area contributed by atoms with E-state index in [9.17, 15) is 9.59 Å². The average Bonchev–Trinajstić information content (AvgIpc) is 2.61. The number of nitrogens with zero attached hydrogens (tertiary/aromatic N) is 1. The van der Waals surface area contributed by atoms with Crippen molar-refractivity contribution in [2.75, 3.05) is 23.9 Å². The van der Waals surface area contributed by atoms with Crippen LogP contribution in [0.3, 0.4) is 0 Å². The van der Waals surface area contributed by atoms with Crippen molar-refractivity contribution < 1.29 is 14.3 Å². The molecule has 0 spiro atoms. The van der Waals surface area contributed by atoms with E-state index < -0.39 is 4.75 Å². The lowest BCUT2D eigenvalue weighted by Crippen LogP contribution is -2.53. The Morgan fingerprint density at radius 2 is 1.88 bits per heavy atom. The first-order valence-electron chi connectivity index (χ1n) is 8.07. The molecule has 3 rings (SSSR count). The van der Waals surface area contributed by atoms with Gasteiger partial charge in [0.15, 0.2) is 4.75 Å². The van der Waals surface area contributed by atoms with E-state index >= 15 is 0 Å². The summed E-state index contributed by atoms with van der Waals surface area (Å²) >= 11 is 1.27. The summed E-state index contributed by atoms with van der Waals surface area (Å²) < 4.78 is 4.30. The Bertz CT molecular complexity index is 824. The van der Waals surface area contributed by atoms with Crippen molar-refractivity contribution >= 4 is 35.0 Å². The standard InChI is InChI=1S/C19H20N2O3S/c1-4-24-15-11-7-5-9-13(15)20-17(22)19(2)18(23)21(3)14-10-6-8-12-16(14)25-19/h5-12H,4H2,1-3H3,(H,20,22). The van der Waals surface area contributed by atoms with E-state index in [0.29, 0.717) is 18.0 Å². The van der Waals surface area contributed by atoms with Gasteiger partial charge in [0.25, 0.3) is 5.91 Å². The van der Waals surface area contributed by atoms with Crippen molar-refractivity contribution in [3.63, 3.8) is 0 Å². The van der Waals surface area contributed by atoms with Gasteiger partial charge in [-0.15, -0.1) is 0 Å². The van der Waals surface area contributed by atoms with Crippen LogP contribution in [0.1, 0.15) is 13.8 Å². The lowest BCUT2D eigenvalue weighted by molar-refractivity contribution is -0.128. The first kappa shape index (κ1) is 17.4. The Balaban J connectivity index is 1.91. The quantitative estimate of drug-likeness (QED) is 0.851. The largest absolute Gasteiger partial charge is 0.492 e. The SMILES string of the molecule is CCOc1ccccc1NC(=O)C1(C)Sc2ccccc2N(C)C1=O. The van der Waals surface area contributed by atoms with Gasteiger partial charge < -0.3 is 15.0 Å². The van der Waals surface area contributed by atoms with Gasteiger partial charge in [0.2, 0.25) is 5.91 Å². The summed E-state index contributed by atoms with van der Waals surface area (Å²) in [5.74, 6) is -0.0254. The second-order valence-corrected chi connectivity index (χ2v) is 7.31. The van der Waals surface area contributed by atoms with Crippen molar-refractivity contribution in [2.24, 2.45) is 0 Å². The van der Waals surface area contributed by atoms with Gasteiger partial charge in [-0.1, -0.05) is 36.0 Å². The van der Waals surface area contributed by atoms with Crippen LogP contribution in [0.25, 0.3) is 0 Å². The summed E-state index contributed by atoms with van der Waals surface area (Å²) in [5.41, 5.74) is 1.38. The van der Waals surface area contributed by atoms with E-state index in [1.807, 2.05) is 43.3 Å². The number of carbonyl (C=O) groups excluding carboxylic acids is 2. The summed E-state index contributed by atoms with van der Waals surface area (Å²) in [6.45, 7) is 4.03. The molecule has 130 valence electrons. The molecule has 6 heteroatoms. The third-order valence-electron chi connectivity index (χ3n) is 4.12. The maximum absolute atomic E-state index is 13.0. The molecular weight excluding hydrogens is 336 g/mol. The highest BCUT2D eigenvalue weighted by atomic mass is 32.2. The van der Waals surface area contributed by atoms with E-state index in [1.165, 1.54) is 11.8 Å². The second kappa shape index (κ2) is 6.80. The third kappa shape index (κ3) is 3.09. The van der Waals surface area contributed by atoms with Gasteiger partial charge in [0.1, 0.15) is 5.75 Å². The third-order valence-corrected chi connectivity index (χ3v) is 5.46. The fraction of sp³-hybridized carbons (Fsp3) is 0.263. The normalized spacial score (nSPS) is 19.3. The van der Waals surface area contributed by atoms with Gasteiger partial charge in [-0.2, -0.15) is 0 Å². The molecule has 0 radical (unpaired) electrons. The number of fused-ring (bicyclic) bond motifs is 1. The van der Waals surface area contributed by atoms with Crippen LogP contribution in [-0.4, -0.2) is 30.2 Å². The van der Waals surface area contributed by atoms with Crippen LogP contribution < -0.4 is 15.0 Å². The van der Waals surface area contributed by atoms with E-state index in [1.54, 1.807) is 31.0 Å². The Morgan fingerprint density at radius 3 is 2.64 bits per heavy atom. The minimum atomic E-state index is -1.25. The highest BCUT2D eigenvalue weighted by molar-refractivity contribution is 8.02. The maximum atomic E-state index is 13.0. The van der Waals surface area contributed by atoms with Crippen LogP contribution in [0.15, 0.2) is 53.4 Å². The number of nitrogens with one attached hydrogen (secondary N) is 1. The first-order chi connectivity index (χ1) is 12.0. The second-order valence-electron chi connectivity index (χ2n) is 5.85.